The Labute approximate surface area is 173 Å². The molecular weight excluding hydrogens is 487 g/mol. The third kappa shape index (κ3) is 6.28. The van der Waals surface area contributed by atoms with Crippen molar-refractivity contribution in [1.82, 2.24) is 4.98 Å². The zero-order chi connectivity index (χ0) is 23.2. The summed E-state index contributed by atoms with van der Waals surface area (Å²) in [5, 5.41) is 20.3. The van der Waals surface area contributed by atoms with Crippen LogP contribution in [0.2, 0.25) is 0 Å². The summed E-state index contributed by atoms with van der Waals surface area (Å²) in [5.74, 6) is -0.0759. The lowest BCUT2D eigenvalue weighted by atomic mass is 10.1. The average molecular weight is 505 g/mol. The van der Waals surface area contributed by atoms with Crippen LogP contribution < -0.4 is 0 Å². The van der Waals surface area contributed by atoms with Gasteiger partial charge in [0.2, 0.25) is 5.89 Å². The zero-order valence-corrected chi connectivity index (χ0v) is 18.2. The van der Waals surface area contributed by atoms with E-state index in [-0.39, 0.29) is 5.89 Å². The van der Waals surface area contributed by atoms with Gasteiger partial charge in [0.1, 0.15) is 23.8 Å². The van der Waals surface area contributed by atoms with Gasteiger partial charge < -0.3 is 38.9 Å². The van der Waals surface area contributed by atoms with Crippen molar-refractivity contribution in [2.24, 2.45) is 0 Å². The number of aliphatic hydroxyl groups is 2. The van der Waals surface area contributed by atoms with Crippen LogP contribution in [0.15, 0.2) is 22.6 Å². The number of aryl methyl sites for hydroxylation is 1. The van der Waals surface area contributed by atoms with Crippen molar-refractivity contribution in [2.75, 3.05) is 6.61 Å². The Morgan fingerprint density at radius 2 is 1.71 bits per heavy atom. The van der Waals surface area contributed by atoms with E-state index in [2.05, 4.69) is 18.1 Å². The molecule has 174 valence electrons. The van der Waals surface area contributed by atoms with Crippen molar-refractivity contribution in [3.63, 3.8) is 0 Å². The first-order chi connectivity index (χ1) is 14.2. The Morgan fingerprint density at radius 1 is 1.03 bits per heavy atom. The second kappa shape index (κ2) is 8.73. The maximum atomic E-state index is 11.8. The van der Waals surface area contributed by atoms with Crippen LogP contribution >= 0.6 is 23.5 Å². The lowest BCUT2D eigenvalue weighted by molar-refractivity contribution is -0.0297. The summed E-state index contributed by atoms with van der Waals surface area (Å²) in [7, 11) is -16.6. The monoisotopic (exact) mass is 505 g/mol. The van der Waals surface area contributed by atoms with Gasteiger partial charge in [0.15, 0.2) is 11.7 Å². The van der Waals surface area contributed by atoms with Gasteiger partial charge in [-0.25, -0.2) is 18.7 Å². The molecule has 2 aromatic rings. The molecule has 3 rings (SSSR count). The van der Waals surface area contributed by atoms with E-state index in [4.69, 9.17) is 23.8 Å². The highest BCUT2D eigenvalue weighted by atomic mass is 31.3. The van der Waals surface area contributed by atoms with Gasteiger partial charge in [-0.15, -0.1) is 0 Å². The third-order valence-corrected chi connectivity index (χ3v) is 7.79. The van der Waals surface area contributed by atoms with E-state index < -0.39 is 54.5 Å². The number of hydrogen-bond acceptors (Lipinski definition) is 11. The second-order valence-corrected chi connectivity index (χ2v) is 10.9. The fraction of sp³-hybridized carbons (Fsp3) is 0.462. The summed E-state index contributed by atoms with van der Waals surface area (Å²) < 4.78 is 56.2. The molecule has 0 amide bonds. The molecule has 0 spiro atoms. The van der Waals surface area contributed by atoms with Gasteiger partial charge in [-0.05, 0) is 24.6 Å². The Bertz CT molecular complexity index is 1100. The van der Waals surface area contributed by atoms with E-state index >= 15 is 0 Å². The number of oxazole rings is 1. The number of aromatic nitrogens is 1. The average Bonchev–Trinajstić information content (AvgIpc) is 3.11. The highest BCUT2D eigenvalue weighted by Crippen LogP contribution is 2.66. The summed E-state index contributed by atoms with van der Waals surface area (Å²) in [5.41, 5.74) is 1.76. The molecule has 0 radical (unpaired) electrons. The lowest BCUT2D eigenvalue weighted by Gasteiger charge is -2.19. The molecule has 6 N–H and O–H groups in total. The fourth-order valence-electron chi connectivity index (χ4n) is 2.74. The molecule has 31 heavy (non-hydrogen) atoms. The zero-order valence-electron chi connectivity index (χ0n) is 15.5. The van der Waals surface area contributed by atoms with Gasteiger partial charge in [-0.2, -0.15) is 8.62 Å². The number of benzene rings is 1. The molecule has 2 unspecified atom stereocenters. The molecule has 0 bridgehead atoms. The van der Waals surface area contributed by atoms with Crippen LogP contribution in [0.25, 0.3) is 11.1 Å². The van der Waals surface area contributed by atoms with Crippen molar-refractivity contribution in [3.05, 3.63) is 29.7 Å². The minimum Gasteiger partial charge on any atom is -0.438 e. The number of ether oxygens (including phenoxy) is 1. The first-order valence-electron chi connectivity index (χ1n) is 8.33. The van der Waals surface area contributed by atoms with Crippen molar-refractivity contribution >= 4 is 34.6 Å². The Morgan fingerprint density at radius 3 is 2.35 bits per heavy atom. The van der Waals surface area contributed by atoms with Crippen LogP contribution in [0.5, 0.6) is 0 Å². The van der Waals surface area contributed by atoms with Gasteiger partial charge in [0.25, 0.3) is 0 Å². The van der Waals surface area contributed by atoms with E-state index in [1.165, 1.54) is 0 Å². The maximum Gasteiger partial charge on any atom is 0.490 e. The molecule has 1 aromatic heterocycles. The summed E-state index contributed by atoms with van der Waals surface area (Å²) in [6.07, 6.45) is -5.91. The maximum absolute atomic E-state index is 11.8. The summed E-state index contributed by atoms with van der Waals surface area (Å²) in [6.45, 7) is 0.898. The number of nitrogens with zero attached hydrogens (tertiary/aromatic N) is 1. The summed E-state index contributed by atoms with van der Waals surface area (Å²) >= 11 is 0. The highest BCUT2D eigenvalue weighted by molar-refractivity contribution is 7.66. The number of hydrogen-bond donors (Lipinski definition) is 6. The molecular formula is C13H18NO14P3. The third-order valence-electron chi connectivity index (χ3n) is 3.98. The lowest BCUT2D eigenvalue weighted by Crippen LogP contribution is -2.33. The quantitative estimate of drug-likeness (QED) is 0.270. The predicted molar refractivity (Wildman–Crippen MR) is 98.2 cm³/mol. The molecule has 0 aliphatic carbocycles. The van der Waals surface area contributed by atoms with Gasteiger partial charge in [0, 0.05) is 0 Å². The number of aliphatic hydroxyl groups excluding tert-OH is 2. The van der Waals surface area contributed by atoms with E-state index in [9.17, 15) is 28.8 Å². The van der Waals surface area contributed by atoms with Crippen LogP contribution in [0, 0.1) is 6.92 Å². The second-order valence-electron chi connectivity index (χ2n) is 6.49. The molecule has 15 nitrogen and oxygen atoms in total. The Balaban J connectivity index is 1.66. The number of rotatable bonds is 8. The predicted octanol–water partition coefficient (Wildman–Crippen LogP) is 0.641. The van der Waals surface area contributed by atoms with Crippen LogP contribution in [-0.4, -0.2) is 59.7 Å². The molecule has 1 aliphatic heterocycles. The van der Waals surface area contributed by atoms with Crippen LogP contribution in [0.4, 0.5) is 0 Å². The van der Waals surface area contributed by atoms with Gasteiger partial charge in [-0.1, -0.05) is 6.07 Å². The number of fused-ring (bicyclic) bond motifs is 1. The van der Waals surface area contributed by atoms with Crippen molar-refractivity contribution in [1.29, 1.82) is 0 Å². The molecule has 1 saturated heterocycles. The van der Waals surface area contributed by atoms with Crippen LogP contribution in [0.3, 0.4) is 0 Å². The fourth-order valence-corrected chi connectivity index (χ4v) is 5.77. The van der Waals surface area contributed by atoms with E-state index in [0.717, 1.165) is 5.56 Å². The van der Waals surface area contributed by atoms with Crippen molar-refractivity contribution < 1.29 is 65.8 Å². The van der Waals surface area contributed by atoms with Gasteiger partial charge >= 0.3 is 23.5 Å². The molecule has 18 heteroatoms. The molecule has 1 aliphatic rings. The summed E-state index contributed by atoms with van der Waals surface area (Å²) in [6, 6.07) is 5.13. The van der Waals surface area contributed by atoms with E-state index in [1.807, 2.05) is 6.92 Å². The Kier molecular flexibility index (Phi) is 6.93. The SMILES string of the molecule is Cc1ccc2oc([C@@H]3O[C@H](COP(=O)(O)OP(=O)(O)OP(=O)(O)O)[C@@H](O)[C@H]3O)nc2c1. The topological polar surface area (TPSA) is 236 Å². The number of phosphoric acid groups is 3. The van der Waals surface area contributed by atoms with E-state index in [0.29, 0.717) is 11.1 Å². The normalized spacial score (nSPS) is 28.5. The van der Waals surface area contributed by atoms with E-state index in [1.54, 1.807) is 18.2 Å². The highest BCUT2D eigenvalue weighted by Gasteiger charge is 2.48. The van der Waals surface area contributed by atoms with Crippen LogP contribution in [-0.2, 0) is 31.6 Å². The molecule has 1 aromatic carbocycles. The molecule has 2 heterocycles. The standard InChI is InChI=1S/C13H18NO14P3/c1-6-2-3-8-7(4-6)14-13(26-8)12-11(16)10(15)9(25-12)5-24-30(20,21)28-31(22,23)27-29(17,18)19/h2-4,9-12,15-16H,5H2,1H3,(H,20,21)(H,22,23)(H2,17,18,19)/t9-,10-,11-,12-/m1/s1. The van der Waals surface area contributed by atoms with Crippen molar-refractivity contribution in [2.45, 2.75) is 31.3 Å². The van der Waals surface area contributed by atoms with Crippen LogP contribution in [0.1, 0.15) is 17.6 Å². The Hall–Kier alpha value is -1.02. The van der Waals surface area contributed by atoms with Gasteiger partial charge in [-0.3, -0.25) is 4.52 Å². The minimum atomic E-state index is -5.68. The smallest absolute Gasteiger partial charge is 0.438 e. The summed E-state index contributed by atoms with van der Waals surface area (Å²) in [4.78, 5) is 39.7. The molecule has 0 saturated carbocycles. The first kappa shape index (κ1) is 24.6. The molecule has 1 fully saturated rings. The first-order valence-corrected chi connectivity index (χ1v) is 12.8. The van der Waals surface area contributed by atoms with Crippen molar-refractivity contribution in [3.8, 4) is 0 Å². The van der Waals surface area contributed by atoms with Gasteiger partial charge in [0.05, 0.1) is 6.61 Å². The largest absolute Gasteiger partial charge is 0.490 e. The minimum absolute atomic E-state index is 0.0759. The number of phosphoric ester groups is 1. The molecule has 6 atom stereocenters.